The molecule has 1 aliphatic rings. The summed E-state index contributed by atoms with van der Waals surface area (Å²) < 4.78 is 5.61. The van der Waals surface area contributed by atoms with Crippen LogP contribution in [0.25, 0.3) is 0 Å². The summed E-state index contributed by atoms with van der Waals surface area (Å²) in [7, 11) is 1.66. The lowest BCUT2D eigenvalue weighted by molar-refractivity contribution is -0.125. The maximum absolute atomic E-state index is 12.2. The Morgan fingerprint density at radius 1 is 1.39 bits per heavy atom. The van der Waals surface area contributed by atoms with Crippen LogP contribution in [0.4, 0.5) is 0 Å². The van der Waals surface area contributed by atoms with Crippen LogP contribution in [0.1, 0.15) is 50.3 Å². The second-order valence-corrected chi connectivity index (χ2v) is 7.13. The second kappa shape index (κ2) is 6.60. The van der Waals surface area contributed by atoms with E-state index in [1.807, 2.05) is 13.0 Å². The van der Waals surface area contributed by atoms with Crippen LogP contribution in [0.5, 0.6) is 5.75 Å². The lowest BCUT2D eigenvalue weighted by atomic mass is 9.84. The standard InChI is InChI=1S/C18H26N2O3/c1-11-8-12(16(23-5)13(9-11)18(2,3)4)10-19-17(22)14-6-7-15(21)20-14/h8-9,14H,6-7,10H2,1-5H3,(H,19,22)(H,20,21). The van der Waals surface area contributed by atoms with Crippen LogP contribution in [0.3, 0.4) is 0 Å². The van der Waals surface area contributed by atoms with Crippen LogP contribution in [-0.4, -0.2) is 25.0 Å². The first kappa shape index (κ1) is 17.3. The van der Waals surface area contributed by atoms with E-state index in [0.29, 0.717) is 19.4 Å². The zero-order chi connectivity index (χ0) is 17.2. The monoisotopic (exact) mass is 318 g/mol. The summed E-state index contributed by atoms with van der Waals surface area (Å²) in [6.07, 6.45) is 0.975. The van der Waals surface area contributed by atoms with Crippen molar-refractivity contribution in [3.05, 3.63) is 28.8 Å². The van der Waals surface area contributed by atoms with Gasteiger partial charge in [0.2, 0.25) is 11.8 Å². The van der Waals surface area contributed by atoms with Gasteiger partial charge in [0, 0.05) is 24.1 Å². The predicted octanol–water partition coefficient (Wildman–Crippen LogP) is 2.20. The lowest BCUT2D eigenvalue weighted by Gasteiger charge is -2.25. The molecule has 5 heteroatoms. The summed E-state index contributed by atoms with van der Waals surface area (Å²) >= 11 is 0. The maximum Gasteiger partial charge on any atom is 0.242 e. The molecule has 1 aromatic carbocycles. The smallest absolute Gasteiger partial charge is 0.242 e. The van der Waals surface area contributed by atoms with E-state index in [2.05, 4.69) is 37.5 Å². The van der Waals surface area contributed by atoms with Crippen LogP contribution in [-0.2, 0) is 21.5 Å². The van der Waals surface area contributed by atoms with Gasteiger partial charge in [-0.2, -0.15) is 0 Å². The van der Waals surface area contributed by atoms with E-state index in [9.17, 15) is 9.59 Å². The molecule has 1 atom stereocenters. The normalized spacial score (nSPS) is 17.8. The zero-order valence-electron chi connectivity index (χ0n) is 14.6. The van der Waals surface area contributed by atoms with Gasteiger partial charge in [-0.05, 0) is 18.8 Å². The molecule has 2 N–H and O–H groups in total. The number of benzene rings is 1. The van der Waals surface area contributed by atoms with Crippen molar-refractivity contribution in [1.29, 1.82) is 0 Å². The average Bonchev–Trinajstić information content (AvgIpc) is 2.89. The Morgan fingerprint density at radius 3 is 2.61 bits per heavy atom. The number of ether oxygens (including phenoxy) is 1. The molecule has 23 heavy (non-hydrogen) atoms. The van der Waals surface area contributed by atoms with Gasteiger partial charge in [0.15, 0.2) is 0 Å². The molecule has 1 unspecified atom stereocenters. The number of methoxy groups -OCH3 is 1. The summed E-state index contributed by atoms with van der Waals surface area (Å²) in [6.45, 7) is 8.85. The minimum absolute atomic E-state index is 0.0461. The Bertz CT molecular complexity index is 617. The maximum atomic E-state index is 12.2. The van der Waals surface area contributed by atoms with Crippen molar-refractivity contribution in [1.82, 2.24) is 10.6 Å². The fraction of sp³-hybridized carbons (Fsp3) is 0.556. The van der Waals surface area contributed by atoms with Gasteiger partial charge in [0.25, 0.3) is 0 Å². The number of amides is 2. The Labute approximate surface area is 137 Å². The van der Waals surface area contributed by atoms with Gasteiger partial charge in [-0.15, -0.1) is 0 Å². The molecule has 0 bridgehead atoms. The number of carbonyl (C=O) groups excluding carboxylic acids is 2. The molecule has 2 rings (SSSR count). The first-order valence-corrected chi connectivity index (χ1v) is 7.97. The molecule has 1 aliphatic heterocycles. The van der Waals surface area contributed by atoms with E-state index in [0.717, 1.165) is 22.4 Å². The van der Waals surface area contributed by atoms with Crippen LogP contribution in [0.15, 0.2) is 12.1 Å². The van der Waals surface area contributed by atoms with Crippen LogP contribution in [0, 0.1) is 6.92 Å². The Kier molecular flexibility index (Phi) is 4.97. The van der Waals surface area contributed by atoms with Gasteiger partial charge in [-0.3, -0.25) is 9.59 Å². The molecule has 1 aromatic rings. The van der Waals surface area contributed by atoms with E-state index < -0.39 is 6.04 Å². The molecule has 0 aliphatic carbocycles. The van der Waals surface area contributed by atoms with Crippen LogP contribution in [0.2, 0.25) is 0 Å². The first-order chi connectivity index (χ1) is 10.7. The molecule has 2 amide bonds. The quantitative estimate of drug-likeness (QED) is 0.894. The topological polar surface area (TPSA) is 67.4 Å². The minimum Gasteiger partial charge on any atom is -0.496 e. The summed E-state index contributed by atoms with van der Waals surface area (Å²) in [5, 5.41) is 5.59. The number of hydrogen-bond acceptors (Lipinski definition) is 3. The van der Waals surface area contributed by atoms with E-state index in [1.165, 1.54) is 0 Å². The number of carbonyl (C=O) groups is 2. The Morgan fingerprint density at radius 2 is 2.09 bits per heavy atom. The van der Waals surface area contributed by atoms with Crippen molar-refractivity contribution in [3.63, 3.8) is 0 Å². The largest absolute Gasteiger partial charge is 0.496 e. The van der Waals surface area contributed by atoms with Crippen LogP contribution >= 0.6 is 0 Å². The SMILES string of the molecule is COc1c(CNC(=O)C2CCC(=O)N2)cc(C)cc1C(C)(C)C. The van der Waals surface area contributed by atoms with Gasteiger partial charge in [-0.1, -0.05) is 38.5 Å². The third-order valence-corrected chi connectivity index (χ3v) is 4.09. The van der Waals surface area contributed by atoms with E-state index in [4.69, 9.17) is 4.74 Å². The fourth-order valence-corrected chi connectivity index (χ4v) is 2.89. The van der Waals surface area contributed by atoms with Crippen molar-refractivity contribution in [2.24, 2.45) is 0 Å². The van der Waals surface area contributed by atoms with Crippen molar-refractivity contribution < 1.29 is 14.3 Å². The summed E-state index contributed by atoms with van der Waals surface area (Å²) in [6, 6.07) is 3.74. The highest BCUT2D eigenvalue weighted by Gasteiger charge is 2.27. The molecule has 5 nitrogen and oxygen atoms in total. The molecule has 1 heterocycles. The third-order valence-electron chi connectivity index (χ3n) is 4.09. The van der Waals surface area contributed by atoms with Gasteiger partial charge in [-0.25, -0.2) is 0 Å². The molecular formula is C18H26N2O3. The highest BCUT2D eigenvalue weighted by molar-refractivity contribution is 5.90. The predicted molar refractivity (Wildman–Crippen MR) is 89.4 cm³/mol. The second-order valence-electron chi connectivity index (χ2n) is 7.13. The van der Waals surface area contributed by atoms with E-state index >= 15 is 0 Å². The van der Waals surface area contributed by atoms with Crippen LogP contribution < -0.4 is 15.4 Å². The molecule has 0 spiro atoms. The van der Waals surface area contributed by atoms with Crippen molar-refractivity contribution in [3.8, 4) is 5.75 Å². The third kappa shape index (κ3) is 4.03. The van der Waals surface area contributed by atoms with Gasteiger partial charge in [0.05, 0.1) is 7.11 Å². The highest BCUT2D eigenvalue weighted by Crippen LogP contribution is 2.35. The lowest BCUT2D eigenvalue weighted by Crippen LogP contribution is -2.41. The number of hydrogen-bond donors (Lipinski definition) is 2. The van der Waals surface area contributed by atoms with Gasteiger partial charge in [0.1, 0.15) is 11.8 Å². The molecule has 1 saturated heterocycles. The Balaban J connectivity index is 2.17. The molecular weight excluding hydrogens is 292 g/mol. The molecule has 1 fully saturated rings. The highest BCUT2D eigenvalue weighted by atomic mass is 16.5. The summed E-state index contributed by atoms with van der Waals surface area (Å²) in [4.78, 5) is 23.4. The van der Waals surface area contributed by atoms with E-state index in [-0.39, 0.29) is 17.2 Å². The first-order valence-electron chi connectivity index (χ1n) is 7.97. The molecule has 0 aromatic heterocycles. The number of aryl methyl sites for hydroxylation is 1. The summed E-state index contributed by atoms with van der Waals surface area (Å²) in [5.74, 6) is 0.615. The number of nitrogens with one attached hydrogen (secondary N) is 2. The van der Waals surface area contributed by atoms with Crippen molar-refractivity contribution >= 4 is 11.8 Å². The zero-order valence-corrected chi connectivity index (χ0v) is 14.6. The Hall–Kier alpha value is -2.04. The minimum atomic E-state index is -0.416. The molecule has 0 saturated carbocycles. The van der Waals surface area contributed by atoms with Crippen molar-refractivity contribution in [2.75, 3.05) is 7.11 Å². The van der Waals surface area contributed by atoms with E-state index in [1.54, 1.807) is 7.11 Å². The number of rotatable bonds is 4. The molecule has 0 radical (unpaired) electrons. The summed E-state index contributed by atoms with van der Waals surface area (Å²) in [5.41, 5.74) is 3.16. The van der Waals surface area contributed by atoms with Gasteiger partial charge < -0.3 is 15.4 Å². The van der Waals surface area contributed by atoms with Crippen molar-refractivity contribution in [2.45, 2.75) is 58.5 Å². The molecule has 126 valence electrons. The average molecular weight is 318 g/mol. The fourth-order valence-electron chi connectivity index (χ4n) is 2.89. The van der Waals surface area contributed by atoms with Gasteiger partial charge >= 0.3 is 0 Å².